The Kier molecular flexibility index (Phi) is 5.73. The van der Waals surface area contributed by atoms with Gasteiger partial charge in [-0.05, 0) is 36.8 Å². The van der Waals surface area contributed by atoms with Crippen LogP contribution >= 0.6 is 35.6 Å². The molecule has 0 amide bonds. The van der Waals surface area contributed by atoms with Crippen molar-refractivity contribution in [3.8, 4) is 0 Å². The number of anilines is 1. The highest BCUT2D eigenvalue weighted by atomic mass is 35.5. The van der Waals surface area contributed by atoms with E-state index >= 15 is 0 Å². The van der Waals surface area contributed by atoms with E-state index in [0.29, 0.717) is 33.6 Å². The number of carbonyl (C=O) groups is 1. The maximum absolute atomic E-state index is 13.0. The van der Waals surface area contributed by atoms with Crippen LogP contribution in [0.15, 0.2) is 6.07 Å². The van der Waals surface area contributed by atoms with Crippen LogP contribution in [0, 0.1) is 16.7 Å². The van der Waals surface area contributed by atoms with E-state index in [-0.39, 0.29) is 36.0 Å². The molecule has 0 spiro atoms. The monoisotopic (exact) mass is 389 g/mol. The summed E-state index contributed by atoms with van der Waals surface area (Å²) >= 11 is 12.7. The van der Waals surface area contributed by atoms with Crippen LogP contribution in [0.2, 0.25) is 10.0 Å². The number of hydrogen-bond donors (Lipinski definition) is 3. The van der Waals surface area contributed by atoms with Gasteiger partial charge in [-0.3, -0.25) is 10.2 Å². The Morgan fingerprint density at radius 2 is 2.00 bits per heavy atom. The van der Waals surface area contributed by atoms with Gasteiger partial charge >= 0.3 is 0 Å². The van der Waals surface area contributed by atoms with E-state index in [4.69, 9.17) is 34.3 Å². The van der Waals surface area contributed by atoms with Gasteiger partial charge in [0.25, 0.3) is 0 Å². The van der Waals surface area contributed by atoms with E-state index in [9.17, 15) is 4.79 Å². The molecule has 0 bridgehead atoms. The number of nitrogens with one attached hydrogen (secondary N) is 2. The summed E-state index contributed by atoms with van der Waals surface area (Å²) in [6, 6.07) is 1.89. The molecule has 1 saturated carbocycles. The average Bonchev–Trinajstić information content (AvgIpc) is 3.10. The molecule has 24 heavy (non-hydrogen) atoms. The van der Waals surface area contributed by atoms with Crippen LogP contribution in [0.3, 0.4) is 0 Å². The highest BCUT2D eigenvalue weighted by Crippen LogP contribution is 2.52. The summed E-state index contributed by atoms with van der Waals surface area (Å²) in [7, 11) is 0. The van der Waals surface area contributed by atoms with Crippen LogP contribution in [0.1, 0.15) is 48.5 Å². The molecule has 132 valence electrons. The van der Waals surface area contributed by atoms with Crippen molar-refractivity contribution < 1.29 is 4.79 Å². The van der Waals surface area contributed by atoms with Gasteiger partial charge in [-0.1, -0.05) is 43.0 Å². The van der Waals surface area contributed by atoms with E-state index in [2.05, 4.69) is 12.2 Å². The van der Waals surface area contributed by atoms with Crippen LogP contribution < -0.4 is 11.1 Å². The molecule has 1 aromatic carbocycles. The van der Waals surface area contributed by atoms with Gasteiger partial charge in [0.05, 0.1) is 22.3 Å². The number of amidine groups is 1. The molecule has 7 heteroatoms. The molecule has 2 aliphatic rings. The molecule has 0 heterocycles. The smallest absolute Gasteiger partial charge is 0.171 e. The summed E-state index contributed by atoms with van der Waals surface area (Å²) in [6.45, 7) is 2.26. The lowest BCUT2D eigenvalue weighted by Gasteiger charge is -2.29. The zero-order valence-corrected chi connectivity index (χ0v) is 15.9. The second-order valence-electron chi connectivity index (χ2n) is 6.87. The number of fused-ring (bicyclic) bond motifs is 1. The molecule has 1 unspecified atom stereocenters. The number of carbonyl (C=O) groups excluding carboxylic acids is 1. The first-order valence-corrected chi connectivity index (χ1v) is 8.72. The largest absolute Gasteiger partial charge is 0.386 e. The normalized spacial score (nSPS) is 23.0. The van der Waals surface area contributed by atoms with Crippen LogP contribution in [-0.2, 0) is 6.42 Å². The van der Waals surface area contributed by atoms with Gasteiger partial charge in [-0.2, -0.15) is 0 Å². The standard InChI is InChI=1S/C17H21Cl2N3O.ClH/c1-17(10-4-2-3-5-10)7-9-6-11(22-8-12(20)21)14(18)15(19)13(9)16(17)23;/h6,10,22H,2-5,7-8H2,1H3,(H3,20,21);1H. The van der Waals surface area contributed by atoms with E-state index < -0.39 is 0 Å². The second-order valence-corrected chi connectivity index (χ2v) is 7.63. The van der Waals surface area contributed by atoms with Gasteiger partial charge < -0.3 is 11.1 Å². The lowest BCUT2D eigenvalue weighted by atomic mass is 9.73. The zero-order valence-electron chi connectivity index (χ0n) is 13.5. The molecule has 1 aromatic rings. The van der Waals surface area contributed by atoms with Gasteiger partial charge in [0, 0.05) is 11.0 Å². The average molecular weight is 391 g/mol. The number of benzene rings is 1. The minimum absolute atomic E-state index is 0. The van der Waals surface area contributed by atoms with Crippen molar-refractivity contribution >= 4 is 52.9 Å². The molecule has 3 rings (SSSR count). The van der Waals surface area contributed by atoms with Crippen molar-refractivity contribution in [2.45, 2.75) is 39.0 Å². The van der Waals surface area contributed by atoms with Crippen molar-refractivity contribution in [2.24, 2.45) is 17.1 Å². The van der Waals surface area contributed by atoms with Crippen LogP contribution in [0.25, 0.3) is 0 Å². The summed E-state index contributed by atoms with van der Waals surface area (Å²) in [5, 5.41) is 11.0. The Morgan fingerprint density at radius 3 is 2.58 bits per heavy atom. The number of nitrogens with two attached hydrogens (primary N) is 1. The van der Waals surface area contributed by atoms with Crippen molar-refractivity contribution in [2.75, 3.05) is 11.9 Å². The highest BCUT2D eigenvalue weighted by molar-refractivity contribution is 6.46. The number of hydrogen-bond acceptors (Lipinski definition) is 3. The topological polar surface area (TPSA) is 79.0 Å². The van der Waals surface area contributed by atoms with E-state index in [0.717, 1.165) is 18.4 Å². The van der Waals surface area contributed by atoms with Gasteiger partial charge in [0.2, 0.25) is 0 Å². The second kappa shape index (κ2) is 7.11. The number of Topliss-reactive ketones (excluding diaryl/α,β-unsaturated/α-hetero) is 1. The molecular formula is C17H22Cl3N3O. The van der Waals surface area contributed by atoms with E-state index in [1.807, 2.05) is 6.07 Å². The van der Waals surface area contributed by atoms with Gasteiger partial charge in [0.15, 0.2) is 5.78 Å². The first kappa shape index (κ1) is 19.4. The van der Waals surface area contributed by atoms with Gasteiger partial charge in [-0.15, -0.1) is 12.4 Å². The SMILES string of the molecule is CC1(C2CCCC2)Cc2cc(NCC(=N)N)c(Cl)c(Cl)c2C1=O.Cl. The fraction of sp³-hybridized carbons (Fsp3) is 0.529. The van der Waals surface area contributed by atoms with Gasteiger partial charge in [-0.25, -0.2) is 0 Å². The van der Waals surface area contributed by atoms with Crippen LogP contribution in [-0.4, -0.2) is 18.2 Å². The molecule has 1 atom stereocenters. The zero-order chi connectivity index (χ0) is 16.8. The molecule has 1 fully saturated rings. The fourth-order valence-corrected chi connectivity index (χ4v) is 4.56. The maximum atomic E-state index is 13.0. The summed E-state index contributed by atoms with van der Waals surface area (Å²) in [5.74, 6) is 0.569. The molecule has 0 aliphatic heterocycles. The summed E-state index contributed by atoms with van der Waals surface area (Å²) in [6.07, 6.45) is 5.32. The summed E-state index contributed by atoms with van der Waals surface area (Å²) in [5.41, 5.74) is 7.17. The minimum Gasteiger partial charge on any atom is -0.386 e. The predicted molar refractivity (Wildman–Crippen MR) is 102 cm³/mol. The third-order valence-corrected chi connectivity index (χ3v) is 6.18. The maximum Gasteiger partial charge on any atom is 0.171 e. The molecule has 0 aromatic heterocycles. The van der Waals surface area contributed by atoms with Crippen LogP contribution in [0.4, 0.5) is 5.69 Å². The lowest BCUT2D eigenvalue weighted by molar-refractivity contribution is 0.0744. The molecule has 4 nitrogen and oxygen atoms in total. The third-order valence-electron chi connectivity index (χ3n) is 5.32. The van der Waals surface area contributed by atoms with Crippen molar-refractivity contribution in [3.63, 3.8) is 0 Å². The molecule has 4 N–H and O–H groups in total. The molecular weight excluding hydrogens is 369 g/mol. The Bertz CT molecular complexity index is 686. The minimum atomic E-state index is -0.370. The van der Waals surface area contributed by atoms with E-state index in [1.54, 1.807) is 0 Å². The number of rotatable bonds is 4. The quantitative estimate of drug-likeness (QED) is 0.515. The number of ketones is 1. The Balaban J connectivity index is 0.00000208. The van der Waals surface area contributed by atoms with Crippen molar-refractivity contribution in [1.82, 2.24) is 0 Å². The Hall–Kier alpha value is -0.970. The Labute approximate surface area is 158 Å². The number of halogens is 3. The predicted octanol–water partition coefficient (Wildman–Crippen LogP) is 4.70. The molecule has 2 aliphatic carbocycles. The summed E-state index contributed by atoms with van der Waals surface area (Å²) < 4.78 is 0. The fourth-order valence-electron chi connectivity index (χ4n) is 4.04. The lowest BCUT2D eigenvalue weighted by Crippen LogP contribution is -2.32. The first-order valence-electron chi connectivity index (χ1n) is 7.97. The highest BCUT2D eigenvalue weighted by Gasteiger charge is 2.49. The summed E-state index contributed by atoms with van der Waals surface area (Å²) in [4.78, 5) is 13.0. The molecule has 0 saturated heterocycles. The van der Waals surface area contributed by atoms with E-state index in [1.165, 1.54) is 12.8 Å². The van der Waals surface area contributed by atoms with Crippen molar-refractivity contribution in [1.29, 1.82) is 5.41 Å². The first-order chi connectivity index (χ1) is 10.8. The van der Waals surface area contributed by atoms with Crippen molar-refractivity contribution in [3.05, 3.63) is 27.2 Å². The van der Waals surface area contributed by atoms with Gasteiger partial charge in [0.1, 0.15) is 5.84 Å². The Morgan fingerprint density at radius 1 is 1.38 bits per heavy atom. The molecule has 0 radical (unpaired) electrons. The third kappa shape index (κ3) is 3.12. The van der Waals surface area contributed by atoms with Crippen LogP contribution in [0.5, 0.6) is 0 Å².